The van der Waals surface area contributed by atoms with Crippen LogP contribution in [0.25, 0.3) is 0 Å². The maximum Gasteiger partial charge on any atom is 0.308 e. The molecule has 3 rings (SSSR count). The van der Waals surface area contributed by atoms with Crippen molar-refractivity contribution in [2.24, 2.45) is 23.7 Å². The van der Waals surface area contributed by atoms with Crippen molar-refractivity contribution in [1.82, 2.24) is 4.90 Å². The van der Waals surface area contributed by atoms with Gasteiger partial charge in [-0.3, -0.25) is 9.59 Å². The zero-order valence-corrected chi connectivity index (χ0v) is 25.9. The van der Waals surface area contributed by atoms with Crippen molar-refractivity contribution in [3.8, 4) is 0 Å². The summed E-state index contributed by atoms with van der Waals surface area (Å²) in [5, 5.41) is 22.4. The van der Waals surface area contributed by atoms with Gasteiger partial charge in [-0.15, -0.1) is 0 Å². The second-order valence-corrected chi connectivity index (χ2v) is 12.9. The number of cyclic esters (lactones) is 1. The van der Waals surface area contributed by atoms with Gasteiger partial charge in [-0.05, 0) is 65.3 Å². The van der Waals surface area contributed by atoms with Crippen LogP contribution in [0.15, 0.2) is 12.2 Å². The summed E-state index contributed by atoms with van der Waals surface area (Å²) >= 11 is 0. The predicted octanol–water partition coefficient (Wildman–Crippen LogP) is 2.67. The molecule has 0 bridgehead atoms. The van der Waals surface area contributed by atoms with Crippen molar-refractivity contribution in [2.75, 3.05) is 14.1 Å². The highest BCUT2D eigenvalue weighted by atomic mass is 16.7. The summed E-state index contributed by atoms with van der Waals surface area (Å²) in [6.45, 7) is 11.3. The van der Waals surface area contributed by atoms with E-state index in [-0.39, 0.29) is 42.8 Å². The Hall–Kier alpha value is -1.69. The van der Waals surface area contributed by atoms with Crippen LogP contribution in [0.4, 0.5) is 0 Å². The largest absolute Gasteiger partial charge is 0.462 e. The first-order chi connectivity index (χ1) is 19.2. The van der Waals surface area contributed by atoms with Gasteiger partial charge in [0, 0.05) is 30.2 Å². The number of ether oxygens (including phenoxy) is 4. The number of ketones is 1. The summed E-state index contributed by atoms with van der Waals surface area (Å²) in [5.74, 6) is -2.32. The van der Waals surface area contributed by atoms with Gasteiger partial charge >= 0.3 is 5.97 Å². The lowest BCUT2D eigenvalue weighted by molar-refractivity contribution is -0.283. The monoisotopic (exact) mass is 581 g/mol. The van der Waals surface area contributed by atoms with Crippen LogP contribution in [0.3, 0.4) is 0 Å². The van der Waals surface area contributed by atoms with Gasteiger partial charge in [0.25, 0.3) is 0 Å². The topological polar surface area (TPSA) is 135 Å². The number of hydrogen-bond acceptors (Lipinski definition) is 10. The van der Waals surface area contributed by atoms with E-state index < -0.39 is 60.0 Å². The molecule has 0 spiro atoms. The number of nitrogens with zero attached hydrogens (tertiary/aromatic N) is 1. The molecule has 0 radical (unpaired) electrons. The third-order valence-electron chi connectivity index (χ3n) is 9.29. The Kier molecular flexibility index (Phi) is 11.7. The van der Waals surface area contributed by atoms with Gasteiger partial charge in [-0.1, -0.05) is 27.7 Å². The first kappa shape index (κ1) is 33.8. The molecule has 234 valence electrons. The quantitative estimate of drug-likeness (QED) is 0.274. The molecule has 0 aliphatic carbocycles. The van der Waals surface area contributed by atoms with Crippen molar-refractivity contribution in [2.45, 2.75) is 128 Å². The molecular formula is C31H51NO9. The average Bonchev–Trinajstić information content (AvgIpc) is 3.60. The molecule has 3 aliphatic heterocycles. The Labute approximate surface area is 244 Å². The van der Waals surface area contributed by atoms with Gasteiger partial charge in [0.05, 0.1) is 30.8 Å². The fourth-order valence-corrected chi connectivity index (χ4v) is 6.50. The maximum absolute atomic E-state index is 13.2. The van der Waals surface area contributed by atoms with Gasteiger partial charge in [-0.2, -0.15) is 0 Å². The lowest BCUT2D eigenvalue weighted by Gasteiger charge is -2.44. The van der Waals surface area contributed by atoms with Crippen LogP contribution < -0.4 is 0 Å². The first-order valence-electron chi connectivity index (χ1n) is 15.1. The molecule has 0 unspecified atom stereocenters. The highest BCUT2D eigenvalue weighted by Gasteiger charge is 2.55. The second-order valence-electron chi connectivity index (χ2n) is 12.9. The molecule has 0 aromatic carbocycles. The number of aliphatic hydroxyl groups is 2. The number of aldehydes is 1. The van der Waals surface area contributed by atoms with E-state index in [9.17, 15) is 24.6 Å². The molecule has 2 saturated heterocycles. The van der Waals surface area contributed by atoms with E-state index in [1.165, 1.54) is 0 Å². The van der Waals surface area contributed by atoms with Crippen molar-refractivity contribution in [1.29, 1.82) is 0 Å². The Bertz CT molecular complexity index is 941. The highest BCUT2D eigenvalue weighted by molar-refractivity contribution is 5.91. The van der Waals surface area contributed by atoms with Crippen molar-refractivity contribution >= 4 is 18.0 Å². The summed E-state index contributed by atoms with van der Waals surface area (Å²) in [6, 6.07) is -0.219. The second kappa shape index (κ2) is 14.2. The average molecular weight is 582 g/mol. The lowest BCUT2D eigenvalue weighted by Crippen LogP contribution is -2.56. The lowest BCUT2D eigenvalue weighted by atomic mass is 9.79. The zero-order chi connectivity index (χ0) is 30.6. The van der Waals surface area contributed by atoms with Crippen LogP contribution in [0.5, 0.6) is 0 Å². The van der Waals surface area contributed by atoms with Crippen molar-refractivity contribution in [3.05, 3.63) is 12.2 Å². The van der Waals surface area contributed by atoms with Crippen molar-refractivity contribution in [3.63, 3.8) is 0 Å². The molecule has 10 heteroatoms. The van der Waals surface area contributed by atoms with E-state index in [1.54, 1.807) is 19.1 Å². The minimum absolute atomic E-state index is 0.0707. The van der Waals surface area contributed by atoms with Crippen LogP contribution in [0, 0.1) is 23.7 Å². The Morgan fingerprint density at radius 1 is 1.12 bits per heavy atom. The summed E-state index contributed by atoms with van der Waals surface area (Å²) in [7, 11) is 3.76. The molecule has 3 heterocycles. The number of rotatable bonds is 6. The van der Waals surface area contributed by atoms with E-state index in [4.69, 9.17) is 18.9 Å². The van der Waals surface area contributed by atoms with Gasteiger partial charge in [0.2, 0.25) is 0 Å². The molecule has 2 N–H and O–H groups in total. The summed E-state index contributed by atoms with van der Waals surface area (Å²) in [5.41, 5.74) is -0.637. The molecule has 0 amide bonds. The van der Waals surface area contributed by atoms with E-state index in [1.807, 2.05) is 53.6 Å². The molecule has 13 atom stereocenters. The maximum atomic E-state index is 13.2. The number of allylic oxidation sites excluding steroid dienone is 1. The van der Waals surface area contributed by atoms with E-state index in [0.717, 1.165) is 6.29 Å². The van der Waals surface area contributed by atoms with E-state index >= 15 is 0 Å². The highest BCUT2D eigenvalue weighted by Crippen LogP contribution is 2.45. The number of likely N-dealkylation sites (N-methyl/N-ethyl adjacent to an activating group) is 1. The molecule has 0 aromatic rings. The van der Waals surface area contributed by atoms with Crippen molar-refractivity contribution < 1.29 is 43.5 Å². The van der Waals surface area contributed by atoms with Crippen LogP contribution in [-0.2, 0) is 33.3 Å². The normalized spacial score (nSPS) is 45.5. The fourth-order valence-electron chi connectivity index (χ4n) is 6.50. The Morgan fingerprint density at radius 3 is 2.41 bits per heavy atom. The molecular weight excluding hydrogens is 530 g/mol. The minimum Gasteiger partial charge on any atom is -0.462 e. The van der Waals surface area contributed by atoms with Gasteiger partial charge < -0.3 is 38.9 Å². The zero-order valence-electron chi connectivity index (χ0n) is 25.9. The number of esters is 1. The minimum atomic E-state index is -1.15. The first-order valence-corrected chi connectivity index (χ1v) is 15.1. The number of aliphatic hydroxyl groups excluding tert-OH is 2. The van der Waals surface area contributed by atoms with Gasteiger partial charge in [0.15, 0.2) is 12.1 Å². The van der Waals surface area contributed by atoms with Crippen LogP contribution in [0.1, 0.15) is 73.6 Å². The number of fused-ring (bicyclic) bond motifs is 1. The molecule has 10 nitrogen and oxygen atoms in total. The third kappa shape index (κ3) is 8.24. The summed E-state index contributed by atoms with van der Waals surface area (Å²) in [4.78, 5) is 40.0. The summed E-state index contributed by atoms with van der Waals surface area (Å²) < 4.78 is 24.2. The molecule has 41 heavy (non-hydrogen) atoms. The summed E-state index contributed by atoms with van der Waals surface area (Å²) in [6.07, 6.45) is 0.627. The van der Waals surface area contributed by atoms with Crippen LogP contribution >= 0.6 is 0 Å². The number of carbonyl (C=O) groups excluding carboxylic acids is 3. The van der Waals surface area contributed by atoms with E-state index in [2.05, 4.69) is 0 Å². The molecule has 0 aromatic heterocycles. The third-order valence-corrected chi connectivity index (χ3v) is 9.29. The smallest absolute Gasteiger partial charge is 0.308 e. The van der Waals surface area contributed by atoms with Gasteiger partial charge in [0.1, 0.15) is 24.1 Å². The van der Waals surface area contributed by atoms with E-state index in [0.29, 0.717) is 19.3 Å². The Morgan fingerprint density at radius 2 is 1.80 bits per heavy atom. The van der Waals surface area contributed by atoms with Crippen LogP contribution in [-0.4, -0.2) is 102 Å². The molecule has 2 fully saturated rings. The number of epoxide rings is 1. The van der Waals surface area contributed by atoms with Gasteiger partial charge in [-0.25, -0.2) is 0 Å². The standard InChI is InChI=1S/C31H51NO9/c1-9-25-20(5)29-31(6,41-29)12-10-23(34)17(2)14-21(11-13-33)28(19(4)24(35)16-26(36)39-25)40-30-27(37)22(32(7)8)15-18(3)38-30/h10,12-13,17-22,24-25,27-30,35,37H,9,11,14-16H2,1-8H3/b12-10+/t17-,18-,19+,20-,21+,22+,24-,25-,27+,28-,29+,30+,31+/m1/s1. The van der Waals surface area contributed by atoms with Crippen LogP contribution in [0.2, 0.25) is 0 Å². The fraction of sp³-hybridized carbons (Fsp3) is 0.839. The Balaban J connectivity index is 1.95. The predicted molar refractivity (Wildman–Crippen MR) is 152 cm³/mol. The SMILES string of the molecule is CC[C@H]1OC(=O)C[C@@H](O)[C@H](C)[C@@H](O[C@@H]2O[C@H](C)C[C@H](N(C)C)[C@@H]2O)[C@@H](CC=O)C[C@@H](C)C(=O)/C=C/[C@]2(C)O[C@H]2[C@@H]1C. The molecule has 3 aliphatic rings. The molecule has 0 saturated carbocycles. The number of carbonyl (C=O) groups is 3. The number of hydrogen-bond donors (Lipinski definition) is 2.